The number of anilines is 2. The Kier molecular flexibility index (Phi) is 6.45. The maximum atomic E-state index is 12.7. The number of hydrogen-bond donors (Lipinski definition) is 5. The lowest BCUT2D eigenvalue weighted by atomic mass is 10.0. The lowest BCUT2D eigenvalue weighted by molar-refractivity contribution is -0.114. The van der Waals surface area contributed by atoms with Gasteiger partial charge in [-0.15, -0.1) is 0 Å². The highest BCUT2D eigenvalue weighted by Gasteiger charge is 2.22. The smallest absolute Gasteiger partial charge is 0.337 e. The number of amides is 2. The molecular formula is C23H17N5O5. The largest absolute Gasteiger partial charge is 0.507 e. The van der Waals surface area contributed by atoms with Crippen molar-refractivity contribution in [1.29, 1.82) is 10.7 Å². The molecule has 0 aliphatic heterocycles. The molecule has 0 fully saturated rings. The lowest BCUT2D eigenvalue weighted by Crippen LogP contribution is -2.24. The predicted molar refractivity (Wildman–Crippen MR) is 119 cm³/mol. The molecule has 10 nitrogen and oxygen atoms in total. The zero-order chi connectivity index (χ0) is 24.1. The Morgan fingerprint density at radius 2 is 1.79 bits per heavy atom. The van der Waals surface area contributed by atoms with Gasteiger partial charge in [-0.05, 0) is 42.5 Å². The zero-order valence-electron chi connectivity index (χ0n) is 17.2. The first-order chi connectivity index (χ1) is 15.7. The van der Waals surface area contributed by atoms with Crippen LogP contribution in [0.2, 0.25) is 0 Å². The number of aromatic hydroxyl groups is 1. The van der Waals surface area contributed by atoms with E-state index in [2.05, 4.69) is 15.6 Å². The summed E-state index contributed by atoms with van der Waals surface area (Å²) in [7, 11) is 0. The molecule has 0 saturated carbocycles. The van der Waals surface area contributed by atoms with Crippen LogP contribution in [0.3, 0.4) is 0 Å². The molecule has 164 valence electrons. The number of aromatic carboxylic acids is 1. The second kappa shape index (κ2) is 9.40. The van der Waals surface area contributed by atoms with Gasteiger partial charge in [0.05, 0.1) is 34.3 Å². The molecule has 0 radical (unpaired) electrons. The van der Waals surface area contributed by atoms with Crippen molar-refractivity contribution < 1.29 is 24.6 Å². The number of pyridine rings is 1. The molecule has 33 heavy (non-hydrogen) atoms. The Hall–Kier alpha value is -5.04. The molecule has 0 aliphatic carbocycles. The Morgan fingerprint density at radius 3 is 2.39 bits per heavy atom. The summed E-state index contributed by atoms with van der Waals surface area (Å²) in [4.78, 5) is 40.0. The molecule has 2 aromatic carbocycles. The summed E-state index contributed by atoms with van der Waals surface area (Å²) in [5.74, 6) is -3.20. The van der Waals surface area contributed by atoms with Crippen LogP contribution < -0.4 is 10.6 Å². The first kappa shape index (κ1) is 22.6. The first-order valence-electron chi connectivity index (χ1n) is 9.45. The van der Waals surface area contributed by atoms with E-state index < -0.39 is 29.2 Å². The number of aromatic nitrogens is 1. The average Bonchev–Trinajstić information content (AvgIpc) is 2.79. The molecule has 3 rings (SSSR count). The number of nitriles is 1. The number of rotatable bonds is 6. The third kappa shape index (κ3) is 5.00. The third-order valence-corrected chi connectivity index (χ3v) is 4.51. The van der Waals surface area contributed by atoms with Crippen molar-refractivity contribution in [2.75, 3.05) is 10.6 Å². The normalized spacial score (nSPS) is 10.1. The minimum atomic E-state index is -1.37. The molecule has 1 aromatic heterocycles. The highest BCUT2D eigenvalue weighted by Crippen LogP contribution is 2.33. The fraction of sp³-hybridized carbons (Fsp3) is 0.0435. The van der Waals surface area contributed by atoms with E-state index in [0.29, 0.717) is 11.3 Å². The van der Waals surface area contributed by atoms with Gasteiger partial charge in [-0.3, -0.25) is 20.0 Å². The second-order valence-corrected chi connectivity index (χ2v) is 6.82. The van der Waals surface area contributed by atoms with E-state index in [-0.39, 0.29) is 28.1 Å². The highest BCUT2D eigenvalue weighted by atomic mass is 16.4. The summed E-state index contributed by atoms with van der Waals surface area (Å²) in [6.07, 6.45) is 1.53. The molecule has 0 spiro atoms. The number of carbonyl (C=O) groups excluding carboxylic acids is 2. The van der Waals surface area contributed by atoms with Crippen molar-refractivity contribution in [2.45, 2.75) is 6.92 Å². The Labute approximate surface area is 187 Å². The minimum absolute atomic E-state index is 0.0863. The molecule has 0 aliphatic rings. The Morgan fingerprint density at radius 1 is 1.03 bits per heavy atom. The monoisotopic (exact) mass is 443 g/mol. The number of benzene rings is 2. The summed E-state index contributed by atoms with van der Waals surface area (Å²) >= 11 is 0. The van der Waals surface area contributed by atoms with E-state index >= 15 is 0 Å². The molecule has 10 heteroatoms. The van der Waals surface area contributed by atoms with Crippen molar-refractivity contribution in [1.82, 2.24) is 4.98 Å². The molecule has 3 aromatic rings. The molecule has 0 bridgehead atoms. The number of nitrogens with zero attached hydrogens (tertiary/aromatic N) is 2. The van der Waals surface area contributed by atoms with Crippen LogP contribution in [-0.2, 0) is 9.59 Å². The van der Waals surface area contributed by atoms with Crippen LogP contribution in [-0.4, -0.2) is 38.7 Å². The highest BCUT2D eigenvalue weighted by molar-refractivity contribution is 6.48. The minimum Gasteiger partial charge on any atom is -0.507 e. The predicted octanol–water partition coefficient (Wildman–Crippen LogP) is 2.99. The number of hydrogen-bond acceptors (Lipinski definition) is 7. The standard InChI is InChI=1S/C23H17N5O5/c1-12(29)27-19-9-16(20(30)10-14(19)17-4-2-3-7-26-17)21(25)22(31)28-18-6-5-13(11-24)8-15(18)23(32)33/h2-10,25,30H,1H3,(H,27,29)(H,28,31)(H,32,33). The molecule has 0 atom stereocenters. The molecular weight excluding hydrogens is 426 g/mol. The molecule has 2 amide bonds. The lowest BCUT2D eigenvalue weighted by Gasteiger charge is -2.15. The second-order valence-electron chi connectivity index (χ2n) is 6.82. The van der Waals surface area contributed by atoms with Crippen LogP contribution in [0.15, 0.2) is 54.7 Å². The van der Waals surface area contributed by atoms with E-state index in [4.69, 9.17) is 10.7 Å². The van der Waals surface area contributed by atoms with Gasteiger partial charge in [-0.25, -0.2) is 4.79 Å². The third-order valence-electron chi connectivity index (χ3n) is 4.51. The maximum absolute atomic E-state index is 12.7. The van der Waals surface area contributed by atoms with Gasteiger partial charge in [-0.2, -0.15) is 5.26 Å². The van der Waals surface area contributed by atoms with Crippen LogP contribution in [0, 0.1) is 16.7 Å². The van der Waals surface area contributed by atoms with Crippen LogP contribution in [0.4, 0.5) is 11.4 Å². The number of phenols is 1. The summed E-state index contributed by atoms with van der Waals surface area (Å²) in [6.45, 7) is 1.28. The van der Waals surface area contributed by atoms with Gasteiger partial charge in [0.25, 0.3) is 5.91 Å². The molecule has 0 saturated heterocycles. The summed E-state index contributed by atoms with van der Waals surface area (Å²) in [5.41, 5.74) is -0.191. The van der Waals surface area contributed by atoms with Gasteiger partial charge < -0.3 is 20.8 Å². The molecule has 0 unspecified atom stereocenters. The Bertz CT molecular complexity index is 1330. The SMILES string of the molecule is CC(=O)Nc1cc(C(=N)C(=O)Nc2ccc(C#N)cc2C(=O)O)c(O)cc1-c1ccccn1. The van der Waals surface area contributed by atoms with Gasteiger partial charge in [0.15, 0.2) is 0 Å². The fourth-order valence-electron chi connectivity index (χ4n) is 3.02. The van der Waals surface area contributed by atoms with E-state index in [0.717, 1.165) is 6.07 Å². The first-order valence-corrected chi connectivity index (χ1v) is 9.45. The van der Waals surface area contributed by atoms with E-state index in [1.54, 1.807) is 18.2 Å². The van der Waals surface area contributed by atoms with Crippen LogP contribution in [0.5, 0.6) is 5.75 Å². The van der Waals surface area contributed by atoms with E-state index in [9.17, 15) is 24.6 Å². The van der Waals surface area contributed by atoms with Crippen molar-refractivity contribution in [3.05, 3.63) is 71.4 Å². The van der Waals surface area contributed by atoms with Crippen molar-refractivity contribution in [3.63, 3.8) is 0 Å². The van der Waals surface area contributed by atoms with E-state index in [1.807, 2.05) is 6.07 Å². The number of carboxylic acid groups (broad SMARTS) is 1. The van der Waals surface area contributed by atoms with Gasteiger partial charge in [0.2, 0.25) is 5.91 Å². The fourth-order valence-corrected chi connectivity index (χ4v) is 3.02. The number of carbonyl (C=O) groups is 3. The summed E-state index contributed by atoms with van der Waals surface area (Å²) in [5, 5.41) is 42.0. The van der Waals surface area contributed by atoms with Crippen molar-refractivity contribution >= 4 is 34.9 Å². The summed E-state index contributed by atoms with van der Waals surface area (Å²) in [6, 6.07) is 13.1. The van der Waals surface area contributed by atoms with E-state index in [1.165, 1.54) is 37.4 Å². The molecule has 1 heterocycles. The van der Waals surface area contributed by atoms with Crippen molar-refractivity contribution in [2.24, 2.45) is 0 Å². The maximum Gasteiger partial charge on any atom is 0.337 e. The Balaban J connectivity index is 1.99. The van der Waals surface area contributed by atoms with Crippen LogP contribution >= 0.6 is 0 Å². The summed E-state index contributed by atoms with van der Waals surface area (Å²) < 4.78 is 0. The number of nitrogens with one attached hydrogen (secondary N) is 3. The quantitative estimate of drug-likeness (QED) is 0.287. The van der Waals surface area contributed by atoms with Crippen LogP contribution in [0.1, 0.15) is 28.4 Å². The van der Waals surface area contributed by atoms with Gasteiger partial charge in [-0.1, -0.05) is 6.07 Å². The van der Waals surface area contributed by atoms with Gasteiger partial charge in [0, 0.05) is 24.2 Å². The number of phenolic OH excluding ortho intramolecular Hbond substituents is 1. The number of carboxylic acids is 1. The van der Waals surface area contributed by atoms with Crippen molar-refractivity contribution in [3.8, 4) is 23.1 Å². The average molecular weight is 443 g/mol. The topological polar surface area (TPSA) is 176 Å². The zero-order valence-corrected chi connectivity index (χ0v) is 17.2. The molecule has 5 N–H and O–H groups in total. The van der Waals surface area contributed by atoms with Gasteiger partial charge >= 0.3 is 5.97 Å². The van der Waals surface area contributed by atoms with Gasteiger partial charge in [0.1, 0.15) is 11.5 Å². The van der Waals surface area contributed by atoms with Crippen LogP contribution in [0.25, 0.3) is 11.3 Å².